The Labute approximate surface area is 242 Å². The Morgan fingerprint density at radius 1 is 0.878 bits per heavy atom. The number of nitrogens with one attached hydrogen (secondary N) is 2. The fourth-order valence-electron chi connectivity index (χ4n) is 4.24. The first-order valence-electron chi connectivity index (χ1n) is 13.0. The van der Waals surface area contributed by atoms with Gasteiger partial charge in [0.15, 0.2) is 18.1 Å². The second-order valence-corrected chi connectivity index (χ2v) is 10.5. The molecular formula is C31H31N3O6S. The number of hydrogen-bond acceptors (Lipinski definition) is 7. The SMILES string of the molecule is CCc1ccc(NC(=O)COc2ccc(/C=C3\SC(=O)N(CC(=O)Nc4cc(C)cc(C)c4)C3=O)cc2OC)cc1. The van der Waals surface area contributed by atoms with Gasteiger partial charge in [0.25, 0.3) is 17.1 Å². The topological polar surface area (TPSA) is 114 Å². The predicted molar refractivity (Wildman–Crippen MR) is 160 cm³/mol. The zero-order valence-corrected chi connectivity index (χ0v) is 24.1. The molecule has 1 fully saturated rings. The van der Waals surface area contributed by atoms with E-state index in [-0.39, 0.29) is 17.4 Å². The number of imide groups is 1. The van der Waals surface area contributed by atoms with Gasteiger partial charge in [0.2, 0.25) is 5.91 Å². The van der Waals surface area contributed by atoms with Crippen LogP contribution in [0.25, 0.3) is 6.08 Å². The number of hydrogen-bond donors (Lipinski definition) is 2. The zero-order valence-electron chi connectivity index (χ0n) is 23.3. The standard InChI is InChI=1S/C31H31N3O6S/c1-5-21-6-9-23(10-7-21)32-29(36)18-40-25-11-8-22(15-26(25)39-4)16-27-30(37)34(31(38)41-27)17-28(35)33-24-13-19(2)12-20(3)14-24/h6-16H,5,17-18H2,1-4H3,(H,32,36)(H,33,35)/b27-16-. The average molecular weight is 574 g/mol. The van der Waals surface area contributed by atoms with Gasteiger partial charge in [0.1, 0.15) is 6.54 Å². The number of nitrogens with zero attached hydrogens (tertiary/aromatic N) is 1. The molecule has 2 N–H and O–H groups in total. The quantitative estimate of drug-likeness (QED) is 0.305. The van der Waals surface area contributed by atoms with Crippen molar-refractivity contribution in [2.24, 2.45) is 0 Å². The Kier molecular flexibility index (Phi) is 9.46. The van der Waals surface area contributed by atoms with Crippen LogP contribution in [-0.4, -0.2) is 48.1 Å². The van der Waals surface area contributed by atoms with E-state index in [1.807, 2.05) is 56.3 Å². The minimum absolute atomic E-state index is 0.179. The summed E-state index contributed by atoms with van der Waals surface area (Å²) < 4.78 is 11.1. The van der Waals surface area contributed by atoms with Gasteiger partial charge in [0, 0.05) is 11.4 Å². The van der Waals surface area contributed by atoms with E-state index in [0.717, 1.165) is 34.2 Å². The number of methoxy groups -OCH3 is 1. The second kappa shape index (κ2) is 13.2. The van der Waals surface area contributed by atoms with Gasteiger partial charge in [-0.25, -0.2) is 0 Å². The normalized spacial score (nSPS) is 13.9. The third-order valence-corrected chi connectivity index (χ3v) is 7.08. The number of benzene rings is 3. The molecule has 0 bridgehead atoms. The number of ether oxygens (including phenoxy) is 2. The summed E-state index contributed by atoms with van der Waals surface area (Å²) in [6.07, 6.45) is 2.46. The molecule has 1 aliphatic heterocycles. The number of amides is 4. The van der Waals surface area contributed by atoms with Crippen molar-refractivity contribution < 1.29 is 28.7 Å². The summed E-state index contributed by atoms with van der Waals surface area (Å²) in [7, 11) is 1.46. The first-order chi connectivity index (χ1) is 19.6. The number of carbonyl (C=O) groups excluding carboxylic acids is 4. The van der Waals surface area contributed by atoms with Gasteiger partial charge >= 0.3 is 0 Å². The Morgan fingerprint density at radius 3 is 2.22 bits per heavy atom. The van der Waals surface area contributed by atoms with E-state index in [4.69, 9.17) is 9.47 Å². The lowest BCUT2D eigenvalue weighted by atomic mass is 10.1. The Hall–Kier alpha value is -4.57. The van der Waals surface area contributed by atoms with Crippen LogP contribution in [0.3, 0.4) is 0 Å². The number of anilines is 2. The van der Waals surface area contributed by atoms with Crippen molar-refractivity contribution in [2.45, 2.75) is 27.2 Å². The summed E-state index contributed by atoms with van der Waals surface area (Å²) >= 11 is 0.758. The molecule has 9 nitrogen and oxygen atoms in total. The van der Waals surface area contributed by atoms with Gasteiger partial charge in [0.05, 0.1) is 12.0 Å². The molecule has 1 heterocycles. The van der Waals surface area contributed by atoms with Gasteiger partial charge < -0.3 is 20.1 Å². The van der Waals surface area contributed by atoms with Crippen molar-refractivity contribution in [3.63, 3.8) is 0 Å². The zero-order chi connectivity index (χ0) is 29.5. The Morgan fingerprint density at radius 2 is 1.56 bits per heavy atom. The maximum absolute atomic E-state index is 12.9. The molecule has 0 unspecified atom stereocenters. The minimum atomic E-state index is -0.557. The van der Waals surface area contributed by atoms with E-state index < -0.39 is 23.6 Å². The molecule has 0 atom stereocenters. The van der Waals surface area contributed by atoms with E-state index >= 15 is 0 Å². The summed E-state index contributed by atoms with van der Waals surface area (Å²) in [6, 6.07) is 18.1. The van der Waals surface area contributed by atoms with Crippen molar-refractivity contribution in [1.29, 1.82) is 0 Å². The maximum atomic E-state index is 12.9. The first kappa shape index (κ1) is 29.4. The fourth-order valence-corrected chi connectivity index (χ4v) is 5.07. The highest BCUT2D eigenvalue weighted by Crippen LogP contribution is 2.34. The van der Waals surface area contributed by atoms with Crippen LogP contribution in [0.5, 0.6) is 11.5 Å². The smallest absolute Gasteiger partial charge is 0.294 e. The summed E-state index contributed by atoms with van der Waals surface area (Å²) in [6.45, 7) is 5.28. The Bertz CT molecular complexity index is 1500. The predicted octanol–water partition coefficient (Wildman–Crippen LogP) is 5.57. The molecule has 3 aromatic rings. The molecule has 212 valence electrons. The van der Waals surface area contributed by atoms with E-state index in [1.165, 1.54) is 12.7 Å². The lowest BCUT2D eigenvalue weighted by Gasteiger charge is -2.13. The van der Waals surface area contributed by atoms with E-state index in [0.29, 0.717) is 28.4 Å². The third-order valence-electron chi connectivity index (χ3n) is 6.17. The summed E-state index contributed by atoms with van der Waals surface area (Å²) in [5, 5.41) is 5.00. The molecule has 1 aliphatic rings. The molecule has 0 radical (unpaired) electrons. The lowest BCUT2D eigenvalue weighted by molar-refractivity contribution is -0.127. The molecular weight excluding hydrogens is 542 g/mol. The van der Waals surface area contributed by atoms with Crippen LogP contribution in [0.1, 0.15) is 29.2 Å². The van der Waals surface area contributed by atoms with E-state index in [2.05, 4.69) is 17.6 Å². The number of aryl methyl sites for hydroxylation is 3. The van der Waals surface area contributed by atoms with Crippen molar-refractivity contribution in [3.8, 4) is 11.5 Å². The van der Waals surface area contributed by atoms with Crippen molar-refractivity contribution in [2.75, 3.05) is 30.9 Å². The number of rotatable bonds is 10. The molecule has 1 saturated heterocycles. The first-order valence-corrected chi connectivity index (χ1v) is 13.8. The van der Waals surface area contributed by atoms with Crippen LogP contribution in [0, 0.1) is 13.8 Å². The maximum Gasteiger partial charge on any atom is 0.294 e. The molecule has 0 aliphatic carbocycles. The number of thioether (sulfide) groups is 1. The van der Waals surface area contributed by atoms with E-state index in [9.17, 15) is 19.2 Å². The van der Waals surface area contributed by atoms with Gasteiger partial charge in [-0.2, -0.15) is 0 Å². The summed E-state index contributed by atoms with van der Waals surface area (Å²) in [5.74, 6) is -0.652. The molecule has 10 heteroatoms. The van der Waals surface area contributed by atoms with Gasteiger partial charge in [-0.3, -0.25) is 24.1 Å². The summed E-state index contributed by atoms with van der Waals surface area (Å²) in [5.41, 5.74) is 5.01. The van der Waals surface area contributed by atoms with E-state index in [1.54, 1.807) is 24.3 Å². The highest BCUT2D eigenvalue weighted by atomic mass is 32.2. The van der Waals surface area contributed by atoms with Gasteiger partial charge in [-0.15, -0.1) is 0 Å². The van der Waals surface area contributed by atoms with Crippen LogP contribution < -0.4 is 20.1 Å². The van der Waals surface area contributed by atoms with Crippen LogP contribution in [0.2, 0.25) is 0 Å². The lowest BCUT2D eigenvalue weighted by Crippen LogP contribution is -2.36. The molecule has 4 rings (SSSR count). The van der Waals surface area contributed by atoms with Crippen LogP contribution in [0.4, 0.5) is 16.2 Å². The highest BCUT2D eigenvalue weighted by Gasteiger charge is 2.36. The molecule has 0 saturated carbocycles. The fraction of sp³-hybridized carbons (Fsp3) is 0.226. The van der Waals surface area contributed by atoms with Crippen LogP contribution in [-0.2, 0) is 20.8 Å². The minimum Gasteiger partial charge on any atom is -0.493 e. The molecule has 0 aromatic heterocycles. The van der Waals surface area contributed by atoms with Gasteiger partial charge in [-0.1, -0.05) is 31.2 Å². The molecule has 3 aromatic carbocycles. The van der Waals surface area contributed by atoms with Crippen molar-refractivity contribution >= 4 is 52.2 Å². The average Bonchev–Trinajstić information content (AvgIpc) is 3.19. The van der Waals surface area contributed by atoms with Crippen molar-refractivity contribution in [3.05, 3.63) is 87.8 Å². The molecule has 41 heavy (non-hydrogen) atoms. The number of carbonyl (C=O) groups is 4. The molecule has 4 amide bonds. The summed E-state index contributed by atoms with van der Waals surface area (Å²) in [4.78, 5) is 51.5. The Balaban J connectivity index is 1.37. The van der Waals surface area contributed by atoms with Crippen molar-refractivity contribution in [1.82, 2.24) is 4.90 Å². The van der Waals surface area contributed by atoms with Gasteiger partial charge in [-0.05, 0) is 96.8 Å². The molecule has 0 spiro atoms. The third kappa shape index (κ3) is 7.76. The monoisotopic (exact) mass is 573 g/mol. The largest absolute Gasteiger partial charge is 0.493 e. The highest BCUT2D eigenvalue weighted by molar-refractivity contribution is 8.18. The van der Waals surface area contributed by atoms with Crippen LogP contribution in [0.15, 0.2) is 65.6 Å². The van der Waals surface area contributed by atoms with Crippen LogP contribution >= 0.6 is 11.8 Å². The second-order valence-electron chi connectivity index (χ2n) is 9.49.